The van der Waals surface area contributed by atoms with Gasteiger partial charge in [-0.05, 0) is 68.1 Å². The Bertz CT molecular complexity index is 1150. The summed E-state index contributed by atoms with van der Waals surface area (Å²) in [4.78, 5) is 0. The van der Waals surface area contributed by atoms with Crippen molar-refractivity contribution in [1.82, 2.24) is 0 Å². The Morgan fingerprint density at radius 1 is 0.783 bits per heavy atom. The molecule has 0 spiro atoms. The van der Waals surface area contributed by atoms with E-state index in [0.717, 1.165) is 0 Å². The Morgan fingerprint density at radius 2 is 1.65 bits per heavy atom. The maximum Gasteiger partial charge on any atom is -0.00694 e. The Hall–Kier alpha value is -2.86. The van der Waals surface area contributed by atoms with E-state index in [1.807, 2.05) is 0 Å². The highest BCUT2D eigenvalue weighted by molar-refractivity contribution is 6.02. The van der Waals surface area contributed by atoms with Gasteiger partial charge >= 0.3 is 0 Å². The van der Waals surface area contributed by atoms with Gasteiger partial charge in [-0.15, -0.1) is 0 Å². The van der Waals surface area contributed by atoms with Crippen molar-refractivity contribution >= 4 is 34.6 Å². The van der Waals surface area contributed by atoms with Gasteiger partial charge in [-0.25, -0.2) is 0 Å². The molecule has 0 atom stereocenters. The first-order valence-corrected chi connectivity index (χ1v) is 8.05. The average Bonchev–Trinajstić information content (AvgIpc) is 3.14. The third kappa shape index (κ3) is 1.78. The zero-order valence-corrected chi connectivity index (χ0v) is 13.0. The van der Waals surface area contributed by atoms with E-state index in [1.54, 1.807) is 0 Å². The Kier molecular flexibility index (Phi) is 2.51. The molecular weight excluding hydrogens is 276 g/mol. The third-order valence-electron chi connectivity index (χ3n) is 4.90. The molecule has 0 heteroatoms. The van der Waals surface area contributed by atoms with E-state index in [4.69, 9.17) is 0 Å². The zero-order valence-electron chi connectivity index (χ0n) is 13.0. The fraction of sp³-hybridized carbons (Fsp3) is 0.0435. The Balaban J connectivity index is 1.83. The van der Waals surface area contributed by atoms with E-state index in [2.05, 4.69) is 85.8 Å². The van der Waals surface area contributed by atoms with Crippen LogP contribution in [0.5, 0.6) is 0 Å². The van der Waals surface area contributed by atoms with Crippen molar-refractivity contribution in [1.29, 1.82) is 0 Å². The van der Waals surface area contributed by atoms with Crippen molar-refractivity contribution in [3.8, 4) is 0 Å². The highest BCUT2D eigenvalue weighted by atomic mass is 14.2. The number of rotatable bonds is 1. The second kappa shape index (κ2) is 4.57. The van der Waals surface area contributed by atoms with Crippen molar-refractivity contribution in [3.05, 3.63) is 93.4 Å². The van der Waals surface area contributed by atoms with Gasteiger partial charge in [-0.2, -0.15) is 0 Å². The minimum absolute atomic E-state index is 1.30. The second-order valence-corrected chi connectivity index (χ2v) is 6.32. The average molecular weight is 292 g/mol. The summed E-state index contributed by atoms with van der Waals surface area (Å²) < 4.78 is 0. The fourth-order valence-corrected chi connectivity index (χ4v) is 3.85. The van der Waals surface area contributed by atoms with Crippen LogP contribution >= 0.6 is 0 Å². The number of hydrogen-bond donors (Lipinski definition) is 0. The van der Waals surface area contributed by atoms with Gasteiger partial charge in [-0.3, -0.25) is 0 Å². The molecule has 0 aliphatic heterocycles. The molecule has 2 aliphatic carbocycles. The minimum atomic E-state index is 1.30. The predicted molar refractivity (Wildman–Crippen MR) is 99.3 cm³/mol. The molecule has 0 heterocycles. The van der Waals surface area contributed by atoms with E-state index >= 15 is 0 Å². The highest BCUT2D eigenvalue weighted by Crippen LogP contribution is 2.33. The standard InChI is InChI=1S/C23H16/c1-15-12-19-13-17-8-4-9-18(17)14-22(19)23(15)21-11-5-7-16-6-2-3-10-20(16)21/h2-14H,1H3. The molecule has 3 aromatic rings. The third-order valence-corrected chi connectivity index (χ3v) is 4.90. The summed E-state index contributed by atoms with van der Waals surface area (Å²) >= 11 is 0. The van der Waals surface area contributed by atoms with Crippen molar-refractivity contribution in [2.24, 2.45) is 0 Å². The molecule has 0 saturated heterocycles. The normalized spacial score (nSPS) is 14.7. The van der Waals surface area contributed by atoms with Gasteiger partial charge in [-0.1, -0.05) is 66.8 Å². The summed E-state index contributed by atoms with van der Waals surface area (Å²) in [5, 5.41) is 5.29. The first-order valence-electron chi connectivity index (χ1n) is 8.05. The maximum absolute atomic E-state index is 2.34. The van der Waals surface area contributed by atoms with Crippen molar-refractivity contribution in [3.63, 3.8) is 0 Å². The lowest BCUT2D eigenvalue weighted by Crippen LogP contribution is -2.14. The molecule has 0 nitrogen and oxygen atoms in total. The Labute approximate surface area is 135 Å². The lowest BCUT2D eigenvalue weighted by atomic mass is 9.92. The molecule has 0 aromatic heterocycles. The first kappa shape index (κ1) is 12.7. The molecule has 0 N–H and O–H groups in total. The van der Waals surface area contributed by atoms with Gasteiger partial charge in [0.25, 0.3) is 0 Å². The summed E-state index contributed by atoms with van der Waals surface area (Å²) in [6.45, 7) is 2.22. The molecule has 5 rings (SSSR count). The molecule has 0 radical (unpaired) electrons. The number of benzene rings is 3. The molecule has 23 heavy (non-hydrogen) atoms. The summed E-state index contributed by atoms with van der Waals surface area (Å²) in [6, 6.07) is 19.9. The quantitative estimate of drug-likeness (QED) is 0.628. The largest absolute Gasteiger partial charge is 0.0616 e. The van der Waals surface area contributed by atoms with Crippen LogP contribution in [-0.2, 0) is 0 Å². The van der Waals surface area contributed by atoms with Crippen molar-refractivity contribution < 1.29 is 0 Å². The van der Waals surface area contributed by atoms with Gasteiger partial charge in [0.05, 0.1) is 0 Å². The second-order valence-electron chi connectivity index (χ2n) is 6.32. The summed E-state index contributed by atoms with van der Waals surface area (Å²) in [5.74, 6) is 0. The van der Waals surface area contributed by atoms with E-state index in [9.17, 15) is 0 Å². The molecule has 3 aromatic carbocycles. The van der Waals surface area contributed by atoms with Crippen LogP contribution in [0.1, 0.15) is 23.6 Å². The number of allylic oxidation sites excluding steroid dienone is 2. The van der Waals surface area contributed by atoms with Crippen LogP contribution in [0, 0.1) is 0 Å². The maximum atomic E-state index is 2.34. The Morgan fingerprint density at radius 3 is 2.61 bits per heavy atom. The first-order chi connectivity index (χ1) is 11.3. The molecular formula is C23H16. The van der Waals surface area contributed by atoms with Crippen LogP contribution in [0.25, 0.3) is 34.6 Å². The zero-order chi connectivity index (χ0) is 15.4. The molecule has 108 valence electrons. The van der Waals surface area contributed by atoms with Crippen LogP contribution < -0.4 is 10.4 Å². The van der Waals surface area contributed by atoms with Gasteiger partial charge in [0.2, 0.25) is 0 Å². The van der Waals surface area contributed by atoms with Crippen LogP contribution in [0.4, 0.5) is 0 Å². The lowest BCUT2D eigenvalue weighted by Gasteiger charge is -2.11. The van der Waals surface area contributed by atoms with Crippen LogP contribution in [0.15, 0.2) is 66.2 Å². The highest BCUT2D eigenvalue weighted by Gasteiger charge is 2.17. The fourth-order valence-electron chi connectivity index (χ4n) is 3.85. The monoisotopic (exact) mass is 292 g/mol. The molecule has 0 amide bonds. The number of hydrogen-bond acceptors (Lipinski definition) is 0. The summed E-state index contributed by atoms with van der Waals surface area (Å²) in [5.41, 5.74) is 6.75. The summed E-state index contributed by atoms with van der Waals surface area (Å²) in [6.07, 6.45) is 8.84. The molecule has 2 aliphatic rings. The molecule has 0 unspecified atom stereocenters. The van der Waals surface area contributed by atoms with E-state index in [0.29, 0.717) is 0 Å². The van der Waals surface area contributed by atoms with Crippen molar-refractivity contribution in [2.75, 3.05) is 0 Å². The van der Waals surface area contributed by atoms with Gasteiger partial charge in [0, 0.05) is 0 Å². The molecule has 0 saturated carbocycles. The van der Waals surface area contributed by atoms with Crippen LogP contribution in [0.2, 0.25) is 0 Å². The topological polar surface area (TPSA) is 0 Å². The van der Waals surface area contributed by atoms with Crippen molar-refractivity contribution in [2.45, 2.75) is 6.92 Å². The van der Waals surface area contributed by atoms with E-state index < -0.39 is 0 Å². The van der Waals surface area contributed by atoms with Gasteiger partial charge in [0.15, 0.2) is 0 Å². The van der Waals surface area contributed by atoms with Gasteiger partial charge < -0.3 is 0 Å². The molecule has 0 bridgehead atoms. The van der Waals surface area contributed by atoms with Crippen LogP contribution in [-0.4, -0.2) is 0 Å². The van der Waals surface area contributed by atoms with Gasteiger partial charge in [0.1, 0.15) is 0 Å². The van der Waals surface area contributed by atoms with E-state index in [-0.39, 0.29) is 0 Å². The smallest absolute Gasteiger partial charge is 0.00694 e. The van der Waals surface area contributed by atoms with Crippen LogP contribution in [0.3, 0.4) is 0 Å². The lowest BCUT2D eigenvalue weighted by molar-refractivity contribution is 1.48. The minimum Gasteiger partial charge on any atom is -0.0616 e. The SMILES string of the molecule is CC1=C(c2cccc3ccccc23)c2cc3c(cc2=C1)C=CC=3. The number of fused-ring (bicyclic) bond motifs is 3. The van der Waals surface area contributed by atoms with E-state index in [1.165, 1.54) is 49.0 Å². The summed E-state index contributed by atoms with van der Waals surface area (Å²) in [7, 11) is 0. The predicted octanol–water partition coefficient (Wildman–Crippen LogP) is 4.26. The molecule has 0 fully saturated rings.